The van der Waals surface area contributed by atoms with Gasteiger partial charge in [0.2, 0.25) is 5.91 Å². The Labute approximate surface area is 176 Å². The number of ether oxygens (including phenoxy) is 2. The van der Waals surface area contributed by atoms with Crippen molar-refractivity contribution in [2.45, 2.75) is 38.1 Å². The normalized spacial score (nSPS) is 22.1. The highest BCUT2D eigenvalue weighted by atomic mass is 16.5. The molecule has 0 aromatic heterocycles. The van der Waals surface area contributed by atoms with Crippen LogP contribution in [0.1, 0.15) is 18.1 Å². The van der Waals surface area contributed by atoms with E-state index in [0.717, 1.165) is 16.9 Å². The Balaban J connectivity index is 1.86. The summed E-state index contributed by atoms with van der Waals surface area (Å²) < 4.78 is 10.4. The third-order valence-electron chi connectivity index (χ3n) is 5.19. The van der Waals surface area contributed by atoms with E-state index >= 15 is 0 Å². The number of hydrogen-bond donors (Lipinski definition) is 2. The van der Waals surface area contributed by atoms with Crippen LogP contribution in [0.15, 0.2) is 54.6 Å². The van der Waals surface area contributed by atoms with Crippen LogP contribution in [0.4, 0.5) is 0 Å². The molecule has 7 nitrogen and oxygen atoms in total. The quantitative estimate of drug-likeness (QED) is 0.671. The molecular weight excluding hydrogens is 384 g/mol. The van der Waals surface area contributed by atoms with E-state index in [9.17, 15) is 14.7 Å². The van der Waals surface area contributed by atoms with Crippen LogP contribution < -0.4 is 10.1 Å². The zero-order valence-electron chi connectivity index (χ0n) is 17.3. The van der Waals surface area contributed by atoms with Crippen LogP contribution in [-0.2, 0) is 27.3 Å². The fraction of sp³-hybridized carbons (Fsp3) is 0.391. The zero-order chi connectivity index (χ0) is 21.5. The van der Waals surface area contributed by atoms with Gasteiger partial charge >= 0.3 is 5.97 Å². The number of aliphatic hydroxyl groups is 1. The average molecular weight is 412 g/mol. The average Bonchev–Trinajstić information content (AvgIpc) is 2.85. The lowest BCUT2D eigenvalue weighted by molar-refractivity contribution is -0.154. The zero-order valence-corrected chi connectivity index (χ0v) is 17.3. The molecule has 30 heavy (non-hydrogen) atoms. The van der Waals surface area contributed by atoms with E-state index in [4.69, 9.17) is 9.47 Å². The Hall–Kier alpha value is -2.90. The number of hydrogen-bond acceptors (Lipinski definition) is 6. The van der Waals surface area contributed by atoms with Crippen molar-refractivity contribution in [1.82, 2.24) is 10.2 Å². The van der Waals surface area contributed by atoms with Crippen LogP contribution in [0.2, 0.25) is 0 Å². The summed E-state index contributed by atoms with van der Waals surface area (Å²) in [6.07, 6.45) is -0.700. The lowest BCUT2D eigenvalue weighted by Gasteiger charge is -2.32. The standard InChI is InChI=1S/C23H28N2O5/c1-3-30-23(28)21-22(27)19(13-16-7-5-4-6-8-16)24-20(26)15-25(21)14-17-9-11-18(29-2)12-10-17/h4-12,19,21-22,27H,3,13-15H2,1-2H3,(H,24,26)/t19-,21+,22+/m0/s1. The number of carbonyl (C=O) groups excluding carboxylic acids is 2. The first-order chi connectivity index (χ1) is 14.5. The van der Waals surface area contributed by atoms with E-state index < -0.39 is 24.2 Å². The number of methoxy groups -OCH3 is 1. The van der Waals surface area contributed by atoms with Crippen molar-refractivity contribution in [1.29, 1.82) is 0 Å². The molecule has 1 aliphatic heterocycles. The first-order valence-electron chi connectivity index (χ1n) is 10.1. The molecule has 0 unspecified atom stereocenters. The SMILES string of the molecule is CCOC(=O)[C@H]1[C@H](O)[C@H](Cc2ccccc2)NC(=O)CN1Cc1ccc(OC)cc1. The maximum atomic E-state index is 12.8. The van der Waals surface area contributed by atoms with Gasteiger partial charge in [-0.2, -0.15) is 0 Å². The Kier molecular flexibility index (Phi) is 7.43. The second kappa shape index (κ2) is 10.2. The summed E-state index contributed by atoms with van der Waals surface area (Å²) in [5.74, 6) is -0.0550. The number of rotatable bonds is 7. The maximum Gasteiger partial charge on any atom is 0.326 e. The first-order valence-corrected chi connectivity index (χ1v) is 10.1. The summed E-state index contributed by atoms with van der Waals surface area (Å²) in [4.78, 5) is 27.1. The molecule has 1 aliphatic rings. The van der Waals surface area contributed by atoms with E-state index in [0.29, 0.717) is 13.0 Å². The van der Waals surface area contributed by atoms with Gasteiger partial charge in [-0.25, -0.2) is 0 Å². The summed E-state index contributed by atoms with van der Waals surface area (Å²) in [6, 6.07) is 15.4. The van der Waals surface area contributed by atoms with Crippen LogP contribution in [0.5, 0.6) is 5.75 Å². The van der Waals surface area contributed by atoms with Gasteiger partial charge < -0.3 is 19.9 Å². The Morgan fingerprint density at radius 1 is 1.13 bits per heavy atom. The van der Waals surface area contributed by atoms with E-state index in [-0.39, 0.29) is 19.1 Å². The van der Waals surface area contributed by atoms with Crippen molar-refractivity contribution in [3.8, 4) is 5.75 Å². The monoisotopic (exact) mass is 412 g/mol. The number of aliphatic hydroxyl groups excluding tert-OH is 1. The van der Waals surface area contributed by atoms with Crippen molar-refractivity contribution in [2.75, 3.05) is 20.3 Å². The molecule has 2 N–H and O–H groups in total. The summed E-state index contributed by atoms with van der Waals surface area (Å²) in [5, 5.41) is 14.0. The van der Waals surface area contributed by atoms with Gasteiger partial charge in [-0.05, 0) is 36.6 Å². The van der Waals surface area contributed by atoms with Crippen molar-refractivity contribution >= 4 is 11.9 Å². The molecule has 2 aromatic carbocycles. The molecule has 3 atom stereocenters. The van der Waals surface area contributed by atoms with Crippen LogP contribution in [-0.4, -0.2) is 60.3 Å². The van der Waals surface area contributed by atoms with Gasteiger partial charge in [0.25, 0.3) is 0 Å². The smallest absolute Gasteiger partial charge is 0.326 e. The molecule has 1 saturated heterocycles. The van der Waals surface area contributed by atoms with Gasteiger partial charge in [-0.1, -0.05) is 42.5 Å². The third-order valence-corrected chi connectivity index (χ3v) is 5.19. The van der Waals surface area contributed by atoms with E-state index in [2.05, 4.69) is 5.32 Å². The second-order valence-electron chi connectivity index (χ2n) is 7.30. The molecule has 7 heteroatoms. The predicted octanol–water partition coefficient (Wildman–Crippen LogP) is 1.53. The Bertz CT molecular complexity index is 840. The topological polar surface area (TPSA) is 88.1 Å². The molecule has 0 bridgehead atoms. The summed E-state index contributed by atoms with van der Waals surface area (Å²) >= 11 is 0. The molecule has 0 radical (unpaired) electrons. The number of nitrogens with one attached hydrogen (secondary N) is 1. The minimum Gasteiger partial charge on any atom is -0.497 e. The van der Waals surface area contributed by atoms with Crippen LogP contribution in [0.25, 0.3) is 0 Å². The van der Waals surface area contributed by atoms with Crippen LogP contribution in [0.3, 0.4) is 0 Å². The maximum absolute atomic E-state index is 12.8. The Morgan fingerprint density at radius 3 is 2.47 bits per heavy atom. The molecule has 0 aliphatic carbocycles. The van der Waals surface area contributed by atoms with E-state index in [1.54, 1.807) is 18.9 Å². The number of esters is 1. The molecule has 0 spiro atoms. The molecule has 3 rings (SSSR count). The lowest BCUT2D eigenvalue weighted by Crippen LogP contribution is -2.53. The van der Waals surface area contributed by atoms with Crippen molar-refractivity contribution in [3.63, 3.8) is 0 Å². The Morgan fingerprint density at radius 2 is 1.83 bits per heavy atom. The van der Waals surface area contributed by atoms with Gasteiger partial charge in [0.15, 0.2) is 0 Å². The fourth-order valence-corrected chi connectivity index (χ4v) is 3.73. The van der Waals surface area contributed by atoms with Crippen LogP contribution >= 0.6 is 0 Å². The molecule has 1 fully saturated rings. The van der Waals surface area contributed by atoms with Crippen molar-refractivity contribution in [3.05, 3.63) is 65.7 Å². The molecule has 1 amide bonds. The van der Waals surface area contributed by atoms with Gasteiger partial charge in [0.1, 0.15) is 17.9 Å². The van der Waals surface area contributed by atoms with E-state index in [1.165, 1.54) is 0 Å². The van der Waals surface area contributed by atoms with Crippen molar-refractivity contribution < 1.29 is 24.2 Å². The minimum absolute atomic E-state index is 0.0160. The highest BCUT2D eigenvalue weighted by Crippen LogP contribution is 2.21. The highest BCUT2D eigenvalue weighted by Gasteiger charge is 2.42. The second-order valence-corrected chi connectivity index (χ2v) is 7.30. The van der Waals surface area contributed by atoms with Gasteiger partial charge in [-0.15, -0.1) is 0 Å². The predicted molar refractivity (Wildman–Crippen MR) is 112 cm³/mol. The van der Waals surface area contributed by atoms with Crippen LogP contribution in [0, 0.1) is 0 Å². The van der Waals surface area contributed by atoms with Gasteiger partial charge in [-0.3, -0.25) is 14.5 Å². The van der Waals surface area contributed by atoms with Gasteiger partial charge in [0.05, 0.1) is 26.3 Å². The summed E-state index contributed by atoms with van der Waals surface area (Å²) in [5.41, 5.74) is 1.86. The lowest BCUT2D eigenvalue weighted by atomic mass is 9.96. The fourth-order valence-electron chi connectivity index (χ4n) is 3.73. The highest BCUT2D eigenvalue weighted by molar-refractivity contribution is 5.82. The van der Waals surface area contributed by atoms with E-state index in [1.807, 2.05) is 54.6 Å². The van der Waals surface area contributed by atoms with Gasteiger partial charge in [0, 0.05) is 6.54 Å². The largest absolute Gasteiger partial charge is 0.497 e. The number of carbonyl (C=O) groups is 2. The summed E-state index contributed by atoms with van der Waals surface area (Å²) in [7, 11) is 1.59. The van der Waals surface area contributed by atoms with Crippen molar-refractivity contribution in [2.24, 2.45) is 0 Å². The minimum atomic E-state index is -1.12. The molecular formula is C23H28N2O5. The third kappa shape index (κ3) is 5.37. The molecule has 160 valence electrons. The first kappa shape index (κ1) is 21.8. The number of benzene rings is 2. The number of nitrogens with zero attached hydrogens (tertiary/aromatic N) is 1. The molecule has 1 heterocycles. The number of amides is 1. The summed E-state index contributed by atoms with van der Waals surface area (Å²) in [6.45, 7) is 2.22. The molecule has 2 aromatic rings. The molecule has 0 saturated carbocycles.